The molecule has 186 valence electrons. The lowest BCUT2D eigenvalue weighted by Crippen LogP contribution is -2.38. The summed E-state index contributed by atoms with van der Waals surface area (Å²) in [5.74, 6) is 0. The first kappa shape index (κ1) is 25.8. The highest BCUT2D eigenvalue weighted by molar-refractivity contribution is 7.74. The molecule has 1 aliphatic carbocycles. The van der Waals surface area contributed by atoms with E-state index < -0.39 is 15.8 Å². The maximum absolute atomic E-state index is 11.3. The van der Waals surface area contributed by atoms with Crippen LogP contribution in [0.5, 0.6) is 0 Å². The van der Waals surface area contributed by atoms with Crippen molar-refractivity contribution in [2.75, 3.05) is 18.9 Å². The Morgan fingerprint density at radius 3 is 1.24 bits per heavy atom. The van der Waals surface area contributed by atoms with E-state index in [1.807, 2.05) is 0 Å². The number of hydrogen-bond acceptors (Lipinski definition) is 1. The summed E-state index contributed by atoms with van der Waals surface area (Å²) >= 11 is 0. The Labute approximate surface area is 224 Å². The van der Waals surface area contributed by atoms with Crippen molar-refractivity contribution in [2.45, 2.75) is 12.8 Å². The van der Waals surface area contributed by atoms with Gasteiger partial charge in [-0.05, 0) is 62.2 Å². The van der Waals surface area contributed by atoms with Crippen LogP contribution in [0.25, 0.3) is 0 Å². The summed E-state index contributed by atoms with van der Waals surface area (Å²) in [4.78, 5) is 0. The van der Waals surface area contributed by atoms with Crippen LogP contribution < -0.4 is 21.2 Å². The molecule has 0 aromatic heterocycles. The molecular formula is C34H34OP2. The zero-order chi connectivity index (χ0) is 25.3. The van der Waals surface area contributed by atoms with Gasteiger partial charge < -0.3 is 5.11 Å². The van der Waals surface area contributed by atoms with Crippen LogP contribution in [0.15, 0.2) is 145 Å². The van der Waals surface area contributed by atoms with Crippen molar-refractivity contribution in [3.05, 3.63) is 145 Å². The third-order valence-corrected chi connectivity index (χ3v) is 12.7. The summed E-state index contributed by atoms with van der Waals surface area (Å²) in [6.07, 6.45) is 10.5. The largest absolute Gasteiger partial charge is 0.396 e. The van der Waals surface area contributed by atoms with E-state index in [0.717, 1.165) is 25.2 Å². The van der Waals surface area contributed by atoms with Gasteiger partial charge in [-0.2, -0.15) is 0 Å². The fraction of sp³-hybridized carbons (Fsp3) is 0.176. The van der Waals surface area contributed by atoms with E-state index in [1.54, 1.807) is 0 Å². The molecule has 5 rings (SSSR count). The predicted molar refractivity (Wildman–Crippen MR) is 164 cm³/mol. The van der Waals surface area contributed by atoms with Gasteiger partial charge in [-0.1, -0.05) is 145 Å². The minimum Gasteiger partial charge on any atom is -0.396 e. The van der Waals surface area contributed by atoms with Crippen molar-refractivity contribution in [3.63, 3.8) is 0 Å². The lowest BCUT2D eigenvalue weighted by Gasteiger charge is -2.39. The van der Waals surface area contributed by atoms with Crippen molar-refractivity contribution >= 4 is 37.1 Å². The van der Waals surface area contributed by atoms with Crippen molar-refractivity contribution in [1.29, 1.82) is 0 Å². The maximum atomic E-state index is 11.3. The molecule has 0 atom stereocenters. The molecule has 0 fully saturated rings. The molecule has 0 heterocycles. The van der Waals surface area contributed by atoms with E-state index in [2.05, 4.69) is 140 Å². The molecule has 1 nitrogen and oxygen atoms in total. The second kappa shape index (κ2) is 12.6. The van der Waals surface area contributed by atoms with Gasteiger partial charge in [0, 0.05) is 12.0 Å². The average molecular weight is 521 g/mol. The number of allylic oxidation sites excluding steroid dienone is 4. The van der Waals surface area contributed by atoms with Gasteiger partial charge in [0.1, 0.15) is 0 Å². The minimum atomic E-state index is -0.631. The molecule has 0 saturated carbocycles. The first-order valence-corrected chi connectivity index (χ1v) is 16.0. The Morgan fingerprint density at radius 1 is 0.568 bits per heavy atom. The Morgan fingerprint density at radius 2 is 0.946 bits per heavy atom. The van der Waals surface area contributed by atoms with Crippen LogP contribution in [0.4, 0.5) is 0 Å². The van der Waals surface area contributed by atoms with Crippen LogP contribution in [0.1, 0.15) is 12.8 Å². The van der Waals surface area contributed by atoms with E-state index in [0.29, 0.717) is 0 Å². The van der Waals surface area contributed by atoms with E-state index in [-0.39, 0.29) is 12.0 Å². The molecular weight excluding hydrogens is 486 g/mol. The summed E-state index contributed by atoms with van der Waals surface area (Å²) in [5, 5.41) is 16.8. The molecule has 1 aliphatic rings. The highest BCUT2D eigenvalue weighted by atomic mass is 31.1. The lowest BCUT2D eigenvalue weighted by atomic mass is 9.85. The molecule has 0 saturated heterocycles. The molecule has 0 amide bonds. The Bertz CT molecular complexity index is 1140. The molecule has 0 unspecified atom stereocenters. The van der Waals surface area contributed by atoms with Gasteiger partial charge in [0.2, 0.25) is 0 Å². The second-order valence-corrected chi connectivity index (χ2v) is 14.2. The molecule has 1 N–H and O–H groups in total. The van der Waals surface area contributed by atoms with Gasteiger partial charge in [0.05, 0.1) is 0 Å². The fourth-order valence-corrected chi connectivity index (χ4v) is 10.8. The zero-order valence-corrected chi connectivity index (χ0v) is 22.9. The molecule has 0 aliphatic heterocycles. The van der Waals surface area contributed by atoms with Crippen LogP contribution >= 0.6 is 15.8 Å². The Kier molecular flexibility index (Phi) is 8.80. The van der Waals surface area contributed by atoms with Crippen molar-refractivity contribution in [1.82, 2.24) is 0 Å². The van der Waals surface area contributed by atoms with Gasteiger partial charge in [-0.25, -0.2) is 0 Å². The highest BCUT2D eigenvalue weighted by Crippen LogP contribution is 2.50. The van der Waals surface area contributed by atoms with E-state index in [4.69, 9.17) is 0 Å². The SMILES string of the molecule is OCC(CC1=CC=CC1)(CP(c1ccccc1)c1ccccc1)CP(c1ccccc1)c1ccccc1. The van der Waals surface area contributed by atoms with Gasteiger partial charge in [0.25, 0.3) is 0 Å². The van der Waals surface area contributed by atoms with Gasteiger partial charge in [0.15, 0.2) is 0 Å². The summed E-state index contributed by atoms with van der Waals surface area (Å²) in [7, 11) is -1.26. The third kappa shape index (κ3) is 6.55. The quantitative estimate of drug-likeness (QED) is 0.224. The Hall–Kier alpha value is -2.82. The van der Waals surface area contributed by atoms with Crippen LogP contribution in [0, 0.1) is 5.41 Å². The second-order valence-electron chi connectivity index (χ2n) is 9.81. The van der Waals surface area contributed by atoms with Gasteiger partial charge in [-0.3, -0.25) is 0 Å². The molecule has 0 bridgehead atoms. The average Bonchev–Trinajstić information content (AvgIpc) is 3.49. The van der Waals surface area contributed by atoms with Crippen LogP contribution in [-0.2, 0) is 0 Å². The Balaban J connectivity index is 1.58. The summed E-state index contributed by atoms with van der Waals surface area (Å²) in [5.41, 5.74) is 1.20. The lowest BCUT2D eigenvalue weighted by molar-refractivity contribution is 0.166. The number of rotatable bonds is 11. The van der Waals surface area contributed by atoms with Crippen LogP contribution in [0.2, 0.25) is 0 Å². The van der Waals surface area contributed by atoms with E-state index in [9.17, 15) is 5.11 Å². The summed E-state index contributed by atoms with van der Waals surface area (Å²) in [6, 6.07) is 43.8. The van der Waals surface area contributed by atoms with Crippen molar-refractivity contribution in [3.8, 4) is 0 Å². The molecule has 37 heavy (non-hydrogen) atoms. The fourth-order valence-electron chi connectivity index (χ4n) is 5.19. The maximum Gasteiger partial charge on any atom is 0.0497 e. The monoisotopic (exact) mass is 520 g/mol. The molecule has 4 aromatic carbocycles. The standard InChI is InChI=1S/C34H34OP2/c35-26-34(25-29-15-13-14-16-29,27-36(30-17-5-1-6-18-30)31-19-7-2-8-20-31)28-37(32-21-9-3-10-22-32)33-23-11-4-12-24-33/h1-15,17-24,35H,16,25-28H2. The normalized spacial score (nSPS) is 13.3. The van der Waals surface area contributed by atoms with Crippen LogP contribution in [-0.4, -0.2) is 24.0 Å². The molecule has 4 aromatic rings. The number of hydrogen-bond donors (Lipinski definition) is 1. The first-order valence-electron chi connectivity index (χ1n) is 13.0. The highest BCUT2D eigenvalue weighted by Gasteiger charge is 2.37. The van der Waals surface area contributed by atoms with E-state index >= 15 is 0 Å². The third-order valence-electron chi connectivity index (χ3n) is 7.04. The number of aliphatic hydroxyl groups excluding tert-OH is 1. The smallest absolute Gasteiger partial charge is 0.0497 e. The van der Waals surface area contributed by atoms with Crippen molar-refractivity contribution < 1.29 is 5.11 Å². The first-order chi connectivity index (χ1) is 18.3. The minimum absolute atomic E-state index is 0.182. The number of aliphatic hydroxyl groups is 1. The van der Waals surface area contributed by atoms with Crippen molar-refractivity contribution in [2.24, 2.45) is 5.41 Å². The van der Waals surface area contributed by atoms with E-state index in [1.165, 1.54) is 26.8 Å². The molecule has 0 radical (unpaired) electrons. The predicted octanol–water partition coefficient (Wildman–Crippen LogP) is 6.51. The molecule has 0 spiro atoms. The topological polar surface area (TPSA) is 20.2 Å². The van der Waals surface area contributed by atoms with Crippen LogP contribution in [0.3, 0.4) is 0 Å². The van der Waals surface area contributed by atoms with Gasteiger partial charge in [-0.15, -0.1) is 0 Å². The number of benzene rings is 4. The van der Waals surface area contributed by atoms with Gasteiger partial charge >= 0.3 is 0 Å². The molecule has 3 heteroatoms. The zero-order valence-electron chi connectivity index (χ0n) is 21.2. The summed E-state index contributed by atoms with van der Waals surface area (Å²) in [6.45, 7) is 0.182. The summed E-state index contributed by atoms with van der Waals surface area (Å²) < 4.78 is 0.